The maximum Gasteiger partial charge on any atom is 0.186 e. The van der Waals surface area contributed by atoms with E-state index >= 15 is 0 Å². The molecule has 2 N–H and O–H groups in total. The fourth-order valence-electron chi connectivity index (χ4n) is 2.92. The van der Waals surface area contributed by atoms with Gasteiger partial charge in [-0.2, -0.15) is 0 Å². The van der Waals surface area contributed by atoms with Gasteiger partial charge in [0, 0.05) is 16.6 Å². The third-order valence-corrected chi connectivity index (χ3v) is 4.02. The molecule has 102 valence electrons. The fraction of sp³-hybridized carbons (Fsp3) is 0.0556. The minimum absolute atomic E-state index is 0.0774. The minimum Gasteiger partial charge on any atom is -0.375 e. The molecule has 3 heteroatoms. The van der Waals surface area contributed by atoms with Crippen LogP contribution in [0.2, 0.25) is 0 Å². The summed E-state index contributed by atoms with van der Waals surface area (Å²) in [4.78, 5) is 15.2. The fourth-order valence-corrected chi connectivity index (χ4v) is 2.92. The van der Waals surface area contributed by atoms with Gasteiger partial charge in [0.15, 0.2) is 5.78 Å². The number of fused-ring (bicyclic) bond motifs is 2. The lowest BCUT2D eigenvalue weighted by atomic mass is 9.81. The van der Waals surface area contributed by atoms with E-state index < -0.39 is 5.60 Å². The second-order valence-corrected chi connectivity index (χ2v) is 5.28. The number of hydrogen-bond acceptors (Lipinski definition) is 2. The van der Waals surface area contributed by atoms with Crippen LogP contribution in [-0.4, -0.2) is 15.9 Å². The van der Waals surface area contributed by atoms with Crippen molar-refractivity contribution in [2.75, 3.05) is 0 Å². The molecule has 0 saturated heterocycles. The van der Waals surface area contributed by atoms with Gasteiger partial charge < -0.3 is 10.1 Å². The number of aliphatic hydroxyl groups is 1. The molecule has 0 aliphatic heterocycles. The van der Waals surface area contributed by atoms with Crippen LogP contribution in [0.4, 0.5) is 0 Å². The van der Waals surface area contributed by atoms with E-state index in [2.05, 4.69) is 4.98 Å². The summed E-state index contributed by atoms with van der Waals surface area (Å²) in [6, 6.07) is 17.0. The summed E-state index contributed by atoms with van der Waals surface area (Å²) in [5.41, 5.74) is 1.48. The predicted molar refractivity (Wildman–Crippen MR) is 81.2 cm³/mol. The van der Waals surface area contributed by atoms with Crippen LogP contribution in [0.15, 0.2) is 66.7 Å². The summed E-state index contributed by atoms with van der Waals surface area (Å²) in [5, 5.41) is 12.2. The highest BCUT2D eigenvalue weighted by molar-refractivity contribution is 6.07. The van der Waals surface area contributed by atoms with Crippen molar-refractivity contribution in [3.8, 4) is 0 Å². The zero-order valence-corrected chi connectivity index (χ0v) is 11.2. The molecule has 4 rings (SSSR count). The number of benzene rings is 2. The van der Waals surface area contributed by atoms with Crippen LogP contribution in [0.5, 0.6) is 0 Å². The number of aromatic nitrogens is 1. The van der Waals surface area contributed by atoms with Gasteiger partial charge in [-0.15, -0.1) is 0 Å². The lowest BCUT2D eigenvalue weighted by Gasteiger charge is -2.28. The first-order chi connectivity index (χ1) is 10.2. The third kappa shape index (κ3) is 1.68. The SMILES string of the molecule is O=C1C=CC(O)(c2cc3ccccc3[nH]2)c2ccccc21. The van der Waals surface area contributed by atoms with Gasteiger partial charge in [-0.25, -0.2) is 0 Å². The number of nitrogens with one attached hydrogen (secondary N) is 1. The van der Waals surface area contributed by atoms with Gasteiger partial charge in [-0.05, 0) is 29.7 Å². The number of hydrogen-bond donors (Lipinski definition) is 2. The molecule has 1 unspecified atom stereocenters. The number of H-pyrrole nitrogens is 1. The average Bonchev–Trinajstić information content (AvgIpc) is 2.96. The lowest BCUT2D eigenvalue weighted by Crippen LogP contribution is -2.30. The second kappa shape index (κ2) is 4.17. The summed E-state index contributed by atoms with van der Waals surface area (Å²) in [5.74, 6) is -0.0774. The predicted octanol–water partition coefficient (Wildman–Crippen LogP) is 3.16. The first kappa shape index (κ1) is 12.1. The quantitative estimate of drug-likeness (QED) is 0.716. The topological polar surface area (TPSA) is 53.1 Å². The standard InChI is InChI=1S/C18H13NO2/c20-16-9-10-18(21,14-7-3-2-6-13(14)16)17-11-12-5-1-4-8-15(12)19-17/h1-11,19,21H. The second-order valence-electron chi connectivity index (χ2n) is 5.28. The number of para-hydroxylation sites is 1. The first-order valence-corrected chi connectivity index (χ1v) is 6.82. The molecule has 1 aromatic heterocycles. The molecule has 0 saturated carbocycles. The summed E-state index contributed by atoms with van der Waals surface area (Å²) in [6.07, 6.45) is 3.00. The number of aromatic amines is 1. The Morgan fingerprint density at radius 2 is 1.76 bits per heavy atom. The van der Waals surface area contributed by atoms with Gasteiger partial charge in [0.1, 0.15) is 5.60 Å². The Kier molecular flexibility index (Phi) is 2.41. The van der Waals surface area contributed by atoms with E-state index in [4.69, 9.17) is 0 Å². The van der Waals surface area contributed by atoms with Crippen molar-refractivity contribution in [3.05, 3.63) is 83.6 Å². The molecule has 0 fully saturated rings. The molecule has 0 amide bonds. The van der Waals surface area contributed by atoms with E-state index in [1.165, 1.54) is 6.08 Å². The molecule has 3 nitrogen and oxygen atoms in total. The van der Waals surface area contributed by atoms with Crippen molar-refractivity contribution in [1.82, 2.24) is 4.98 Å². The van der Waals surface area contributed by atoms with Gasteiger partial charge in [0.25, 0.3) is 0 Å². The maximum atomic E-state index is 12.0. The first-order valence-electron chi connectivity index (χ1n) is 6.82. The Balaban J connectivity index is 1.98. The maximum absolute atomic E-state index is 12.0. The Bertz CT molecular complexity index is 858. The minimum atomic E-state index is -1.30. The van der Waals surface area contributed by atoms with Crippen molar-refractivity contribution in [2.45, 2.75) is 5.60 Å². The van der Waals surface area contributed by atoms with Crippen molar-refractivity contribution >= 4 is 16.7 Å². The number of rotatable bonds is 1. The van der Waals surface area contributed by atoms with Crippen molar-refractivity contribution in [1.29, 1.82) is 0 Å². The smallest absolute Gasteiger partial charge is 0.186 e. The van der Waals surface area contributed by atoms with Crippen LogP contribution in [0.3, 0.4) is 0 Å². The van der Waals surface area contributed by atoms with E-state index in [1.807, 2.05) is 42.5 Å². The van der Waals surface area contributed by atoms with Crippen molar-refractivity contribution in [2.24, 2.45) is 0 Å². The average molecular weight is 275 g/mol. The number of carbonyl (C=O) groups is 1. The largest absolute Gasteiger partial charge is 0.375 e. The molecule has 1 atom stereocenters. The molecule has 1 aliphatic rings. The van der Waals surface area contributed by atoms with Gasteiger partial charge in [0.05, 0.1) is 5.69 Å². The Hall–Kier alpha value is -2.65. The summed E-state index contributed by atoms with van der Waals surface area (Å²) >= 11 is 0. The Morgan fingerprint density at radius 1 is 1.00 bits per heavy atom. The van der Waals surface area contributed by atoms with Crippen LogP contribution >= 0.6 is 0 Å². The van der Waals surface area contributed by atoms with Crippen LogP contribution in [-0.2, 0) is 5.60 Å². The molecule has 0 radical (unpaired) electrons. The highest BCUT2D eigenvalue weighted by Gasteiger charge is 2.36. The number of allylic oxidation sites excluding steroid dienone is 1. The highest BCUT2D eigenvalue weighted by atomic mass is 16.3. The zero-order valence-electron chi connectivity index (χ0n) is 11.2. The Morgan fingerprint density at radius 3 is 2.62 bits per heavy atom. The lowest BCUT2D eigenvalue weighted by molar-refractivity contribution is 0.0983. The molecular formula is C18H13NO2. The molecule has 21 heavy (non-hydrogen) atoms. The molecule has 0 spiro atoms. The normalized spacial score (nSPS) is 20.7. The van der Waals surface area contributed by atoms with Crippen LogP contribution < -0.4 is 0 Å². The summed E-state index contributed by atoms with van der Waals surface area (Å²) < 4.78 is 0. The highest BCUT2D eigenvalue weighted by Crippen LogP contribution is 2.37. The van der Waals surface area contributed by atoms with E-state index in [-0.39, 0.29) is 5.78 Å². The van der Waals surface area contributed by atoms with Gasteiger partial charge >= 0.3 is 0 Å². The van der Waals surface area contributed by atoms with Crippen LogP contribution in [0.1, 0.15) is 21.6 Å². The van der Waals surface area contributed by atoms with E-state index in [0.717, 1.165) is 10.9 Å². The molecule has 1 heterocycles. The number of ketones is 1. The number of carbonyl (C=O) groups excluding carboxylic acids is 1. The monoisotopic (exact) mass is 275 g/mol. The third-order valence-electron chi connectivity index (χ3n) is 4.02. The molecular weight excluding hydrogens is 262 g/mol. The molecule has 1 aliphatic carbocycles. The van der Waals surface area contributed by atoms with E-state index in [9.17, 15) is 9.90 Å². The molecule has 2 aromatic carbocycles. The zero-order chi connectivity index (χ0) is 14.4. The summed E-state index contributed by atoms with van der Waals surface area (Å²) in [6.45, 7) is 0. The van der Waals surface area contributed by atoms with Gasteiger partial charge in [-0.1, -0.05) is 42.5 Å². The summed E-state index contributed by atoms with van der Waals surface area (Å²) in [7, 11) is 0. The van der Waals surface area contributed by atoms with E-state index in [1.54, 1.807) is 18.2 Å². The van der Waals surface area contributed by atoms with E-state index in [0.29, 0.717) is 16.8 Å². The van der Waals surface area contributed by atoms with Crippen molar-refractivity contribution in [3.63, 3.8) is 0 Å². The molecule has 0 bridgehead atoms. The van der Waals surface area contributed by atoms with Gasteiger partial charge in [-0.3, -0.25) is 4.79 Å². The van der Waals surface area contributed by atoms with Gasteiger partial charge in [0.2, 0.25) is 0 Å². The molecule has 3 aromatic rings. The van der Waals surface area contributed by atoms with Crippen LogP contribution in [0.25, 0.3) is 10.9 Å². The Labute approximate surface area is 121 Å². The van der Waals surface area contributed by atoms with Crippen molar-refractivity contribution < 1.29 is 9.90 Å². The van der Waals surface area contributed by atoms with Crippen LogP contribution in [0, 0.1) is 0 Å².